The summed E-state index contributed by atoms with van der Waals surface area (Å²) in [6.45, 7) is 3.97. The maximum atomic E-state index is 8.58. The zero-order valence-corrected chi connectivity index (χ0v) is 10.1. The molecule has 1 saturated heterocycles. The minimum Gasteiger partial charge on any atom is -0.377 e. The van der Waals surface area contributed by atoms with Gasteiger partial charge in [0, 0.05) is 19.2 Å². The second-order valence-electron chi connectivity index (χ2n) is 3.97. The van der Waals surface area contributed by atoms with Crippen LogP contribution in [0.4, 0.5) is 0 Å². The van der Waals surface area contributed by atoms with Crippen LogP contribution in [-0.2, 0) is 16.1 Å². The number of nitrogens with two attached hydrogens (primary N) is 1. The summed E-state index contributed by atoms with van der Waals surface area (Å²) in [6, 6.07) is 11.0. The molecule has 1 heterocycles. The molecule has 4 heteroatoms. The number of amides is 1. The molecule has 1 aliphatic heterocycles. The van der Waals surface area contributed by atoms with Gasteiger partial charge in [-0.15, -0.1) is 0 Å². The normalized spacial score (nSPS) is 22.6. The van der Waals surface area contributed by atoms with E-state index in [2.05, 4.69) is 42.2 Å². The average Bonchev–Trinajstić information content (AvgIpc) is 2.75. The van der Waals surface area contributed by atoms with E-state index in [1.807, 2.05) is 6.07 Å². The average molecular weight is 236 g/mol. The fourth-order valence-electron chi connectivity index (χ4n) is 1.84. The van der Waals surface area contributed by atoms with Crippen molar-refractivity contribution in [1.82, 2.24) is 5.32 Å². The summed E-state index contributed by atoms with van der Waals surface area (Å²) in [5.74, 6) is 0. The highest BCUT2D eigenvalue weighted by Gasteiger charge is 2.22. The van der Waals surface area contributed by atoms with E-state index in [9.17, 15) is 0 Å². The molecule has 94 valence electrons. The van der Waals surface area contributed by atoms with E-state index in [1.165, 1.54) is 5.56 Å². The number of ether oxygens (including phenoxy) is 1. The summed E-state index contributed by atoms with van der Waals surface area (Å²) in [6.07, 6.45) is 1.74. The highest BCUT2D eigenvalue weighted by Crippen LogP contribution is 2.13. The van der Waals surface area contributed by atoms with Crippen LogP contribution in [0.2, 0.25) is 0 Å². The molecule has 2 atom stereocenters. The smallest absolute Gasteiger partial charge is 0.204 e. The summed E-state index contributed by atoms with van der Waals surface area (Å²) in [5.41, 5.74) is 5.51. The zero-order chi connectivity index (χ0) is 12.5. The summed E-state index contributed by atoms with van der Waals surface area (Å²) in [4.78, 5) is 8.58. The molecule has 2 rings (SSSR count). The van der Waals surface area contributed by atoms with E-state index >= 15 is 0 Å². The van der Waals surface area contributed by atoms with Gasteiger partial charge >= 0.3 is 0 Å². The Bertz CT molecular complexity index is 316. The fraction of sp³-hybridized carbons (Fsp3) is 0.462. The van der Waals surface area contributed by atoms with Crippen molar-refractivity contribution in [2.75, 3.05) is 6.61 Å². The standard InChI is InChI=1S/C12H17NO.CH3NO/c1-10-12(7-8-14-10)13-9-11-5-3-2-4-6-11;2-1-3/h2-6,10,12-13H,7-9H2,1H3;1H,(H2,2,3). The van der Waals surface area contributed by atoms with Crippen LogP contribution in [-0.4, -0.2) is 25.2 Å². The monoisotopic (exact) mass is 236 g/mol. The van der Waals surface area contributed by atoms with Crippen molar-refractivity contribution < 1.29 is 9.53 Å². The molecular formula is C13H20N2O2. The van der Waals surface area contributed by atoms with Crippen LogP contribution in [0, 0.1) is 0 Å². The van der Waals surface area contributed by atoms with Crippen molar-refractivity contribution in [3.63, 3.8) is 0 Å². The summed E-state index contributed by atoms with van der Waals surface area (Å²) >= 11 is 0. The highest BCUT2D eigenvalue weighted by atomic mass is 16.5. The van der Waals surface area contributed by atoms with Crippen LogP contribution < -0.4 is 11.1 Å². The van der Waals surface area contributed by atoms with Crippen LogP contribution in [0.3, 0.4) is 0 Å². The first-order valence-corrected chi connectivity index (χ1v) is 5.82. The topological polar surface area (TPSA) is 64.3 Å². The van der Waals surface area contributed by atoms with Gasteiger partial charge in [0.15, 0.2) is 0 Å². The van der Waals surface area contributed by atoms with Gasteiger partial charge in [-0.1, -0.05) is 30.3 Å². The third-order valence-electron chi connectivity index (χ3n) is 2.79. The first-order valence-electron chi connectivity index (χ1n) is 5.82. The summed E-state index contributed by atoms with van der Waals surface area (Å²) < 4.78 is 5.49. The molecule has 1 aliphatic rings. The van der Waals surface area contributed by atoms with Crippen molar-refractivity contribution in [1.29, 1.82) is 0 Å². The lowest BCUT2D eigenvalue weighted by molar-refractivity contribution is -0.106. The third-order valence-corrected chi connectivity index (χ3v) is 2.79. The van der Waals surface area contributed by atoms with Crippen molar-refractivity contribution in [2.45, 2.75) is 32.0 Å². The minimum absolute atomic E-state index is 0.250. The Morgan fingerprint density at radius 2 is 2.12 bits per heavy atom. The molecule has 0 aliphatic carbocycles. The molecule has 0 radical (unpaired) electrons. The van der Waals surface area contributed by atoms with Gasteiger partial charge in [0.05, 0.1) is 6.10 Å². The van der Waals surface area contributed by atoms with Crippen molar-refractivity contribution in [2.24, 2.45) is 5.73 Å². The summed E-state index contributed by atoms with van der Waals surface area (Å²) in [5, 5.41) is 3.52. The van der Waals surface area contributed by atoms with E-state index in [0.717, 1.165) is 19.6 Å². The quantitative estimate of drug-likeness (QED) is 0.771. The number of hydrogen-bond donors (Lipinski definition) is 2. The van der Waals surface area contributed by atoms with E-state index in [1.54, 1.807) is 0 Å². The van der Waals surface area contributed by atoms with Gasteiger partial charge in [0.2, 0.25) is 6.41 Å². The SMILES string of the molecule is CC1OCCC1NCc1ccccc1.NC=O. The second kappa shape index (κ2) is 7.81. The Morgan fingerprint density at radius 3 is 2.65 bits per heavy atom. The Hall–Kier alpha value is -1.39. The lowest BCUT2D eigenvalue weighted by Gasteiger charge is -2.15. The molecule has 0 saturated carbocycles. The van der Waals surface area contributed by atoms with E-state index in [-0.39, 0.29) is 6.41 Å². The number of nitrogens with one attached hydrogen (secondary N) is 1. The summed E-state index contributed by atoms with van der Waals surface area (Å²) in [7, 11) is 0. The second-order valence-corrected chi connectivity index (χ2v) is 3.97. The molecule has 0 spiro atoms. The van der Waals surface area contributed by atoms with Crippen LogP contribution in [0.1, 0.15) is 18.9 Å². The van der Waals surface area contributed by atoms with Crippen LogP contribution in [0.5, 0.6) is 0 Å². The molecule has 4 nitrogen and oxygen atoms in total. The van der Waals surface area contributed by atoms with E-state index in [0.29, 0.717) is 12.1 Å². The first-order chi connectivity index (χ1) is 8.27. The molecule has 1 aromatic carbocycles. The van der Waals surface area contributed by atoms with Crippen LogP contribution >= 0.6 is 0 Å². The predicted octanol–water partition coefficient (Wildman–Crippen LogP) is 1.06. The first kappa shape index (κ1) is 13.7. The molecular weight excluding hydrogens is 216 g/mol. The van der Waals surface area contributed by atoms with Gasteiger partial charge in [-0.05, 0) is 18.9 Å². The van der Waals surface area contributed by atoms with E-state index < -0.39 is 0 Å². The lowest BCUT2D eigenvalue weighted by Crippen LogP contribution is -2.34. The number of hydrogen-bond acceptors (Lipinski definition) is 3. The van der Waals surface area contributed by atoms with E-state index in [4.69, 9.17) is 9.53 Å². The van der Waals surface area contributed by atoms with Crippen LogP contribution in [0.15, 0.2) is 30.3 Å². The number of primary amides is 1. The predicted molar refractivity (Wildman–Crippen MR) is 67.4 cm³/mol. The number of benzene rings is 1. The Kier molecular flexibility index (Phi) is 6.29. The number of carbonyl (C=O) groups is 1. The Labute approximate surface area is 102 Å². The largest absolute Gasteiger partial charge is 0.377 e. The third kappa shape index (κ3) is 4.97. The maximum Gasteiger partial charge on any atom is 0.204 e. The molecule has 3 N–H and O–H groups in total. The van der Waals surface area contributed by atoms with Gasteiger partial charge in [-0.3, -0.25) is 4.79 Å². The van der Waals surface area contributed by atoms with Gasteiger partial charge in [-0.25, -0.2) is 0 Å². The van der Waals surface area contributed by atoms with Gasteiger partial charge < -0.3 is 15.8 Å². The molecule has 2 unspecified atom stereocenters. The lowest BCUT2D eigenvalue weighted by atomic mass is 10.1. The van der Waals surface area contributed by atoms with Crippen molar-refractivity contribution >= 4 is 6.41 Å². The Morgan fingerprint density at radius 1 is 1.47 bits per heavy atom. The van der Waals surface area contributed by atoms with Crippen molar-refractivity contribution in [3.05, 3.63) is 35.9 Å². The Balaban J connectivity index is 0.000000437. The molecule has 1 fully saturated rings. The molecule has 0 aromatic heterocycles. The molecule has 0 bridgehead atoms. The van der Waals surface area contributed by atoms with Crippen molar-refractivity contribution in [3.8, 4) is 0 Å². The molecule has 1 amide bonds. The number of carbonyl (C=O) groups excluding carboxylic acids is 1. The van der Waals surface area contributed by atoms with Crippen LogP contribution in [0.25, 0.3) is 0 Å². The number of rotatable bonds is 3. The van der Waals surface area contributed by atoms with Gasteiger partial charge in [-0.2, -0.15) is 0 Å². The molecule has 1 aromatic rings. The fourth-order valence-corrected chi connectivity index (χ4v) is 1.84. The molecule has 17 heavy (non-hydrogen) atoms. The highest BCUT2D eigenvalue weighted by molar-refractivity contribution is 5.42. The zero-order valence-electron chi connectivity index (χ0n) is 10.1. The van der Waals surface area contributed by atoms with Gasteiger partial charge in [0.25, 0.3) is 0 Å². The maximum absolute atomic E-state index is 8.58. The minimum atomic E-state index is 0.250. The van der Waals surface area contributed by atoms with Gasteiger partial charge in [0.1, 0.15) is 0 Å².